The van der Waals surface area contributed by atoms with Crippen molar-refractivity contribution in [3.05, 3.63) is 0 Å². The molecule has 2 N–H and O–H groups in total. The van der Waals surface area contributed by atoms with Gasteiger partial charge in [0.05, 0.1) is 12.6 Å². The summed E-state index contributed by atoms with van der Waals surface area (Å²) in [5, 5.41) is 0. The van der Waals surface area contributed by atoms with Gasteiger partial charge in [-0.05, 0) is 51.9 Å². The Morgan fingerprint density at radius 3 is 2.48 bits per heavy atom. The number of rotatable bonds is 8. The number of carbonyl (C=O) groups is 1. The van der Waals surface area contributed by atoms with Crippen molar-refractivity contribution in [1.29, 1.82) is 0 Å². The highest BCUT2D eigenvalue weighted by Crippen LogP contribution is 2.26. The molecule has 3 unspecified atom stereocenters. The van der Waals surface area contributed by atoms with Crippen molar-refractivity contribution in [2.75, 3.05) is 66.0 Å². The number of nitrogens with two attached hydrogens (primary N) is 1. The summed E-state index contributed by atoms with van der Waals surface area (Å²) in [6, 6.07) is -0.256. The summed E-state index contributed by atoms with van der Waals surface area (Å²) in [5.41, 5.74) is 6.46. The highest BCUT2D eigenvalue weighted by molar-refractivity contribution is 5.79. The summed E-state index contributed by atoms with van der Waals surface area (Å²) < 4.78 is 15.0. The normalized spacial score (nSPS) is 31.5. The standard InChI is InChI=1S/C22H42FN5O/c1-3-4-5-6-9-26-15-19(23)22(20(24)16-26)27-10-7-18(8-11-27)14-28-13-12-25(2)17-21(28)29/h18-20,22H,3-17,24H2,1-2H3. The molecule has 0 aliphatic carbocycles. The SMILES string of the molecule is CCCCCCN1CC(N)C(N2CCC(CN3CCN(C)CC3=O)CC2)C(F)C1. The van der Waals surface area contributed by atoms with E-state index in [9.17, 15) is 4.79 Å². The predicted octanol–water partition coefficient (Wildman–Crippen LogP) is 1.40. The number of piperazine rings is 1. The summed E-state index contributed by atoms with van der Waals surface area (Å²) in [6.07, 6.45) is 6.08. The van der Waals surface area contributed by atoms with Crippen LogP contribution in [0, 0.1) is 5.92 Å². The number of hydrogen-bond donors (Lipinski definition) is 1. The zero-order chi connectivity index (χ0) is 20.8. The minimum Gasteiger partial charge on any atom is -0.340 e. The van der Waals surface area contributed by atoms with Gasteiger partial charge < -0.3 is 10.6 Å². The van der Waals surface area contributed by atoms with E-state index in [2.05, 4.69) is 21.6 Å². The van der Waals surface area contributed by atoms with Gasteiger partial charge in [0.1, 0.15) is 6.17 Å². The van der Waals surface area contributed by atoms with Crippen LogP contribution in [0.2, 0.25) is 0 Å². The molecule has 1 amide bonds. The Balaban J connectivity index is 1.41. The number of nitrogens with zero attached hydrogens (tertiary/aromatic N) is 4. The van der Waals surface area contributed by atoms with Gasteiger partial charge in [-0.15, -0.1) is 0 Å². The van der Waals surface area contributed by atoms with Crippen LogP contribution in [-0.2, 0) is 4.79 Å². The first-order chi connectivity index (χ1) is 14.0. The number of amides is 1. The van der Waals surface area contributed by atoms with Crippen LogP contribution in [0.3, 0.4) is 0 Å². The van der Waals surface area contributed by atoms with Crippen LogP contribution < -0.4 is 5.73 Å². The highest BCUT2D eigenvalue weighted by Gasteiger charge is 2.40. The predicted molar refractivity (Wildman–Crippen MR) is 116 cm³/mol. The van der Waals surface area contributed by atoms with Gasteiger partial charge in [-0.2, -0.15) is 0 Å². The molecule has 3 heterocycles. The van der Waals surface area contributed by atoms with Gasteiger partial charge in [-0.25, -0.2) is 4.39 Å². The molecule has 0 spiro atoms. The number of carbonyl (C=O) groups excluding carboxylic acids is 1. The lowest BCUT2D eigenvalue weighted by Gasteiger charge is -2.47. The Hall–Kier alpha value is -0.760. The van der Waals surface area contributed by atoms with Crippen LogP contribution >= 0.6 is 0 Å². The Morgan fingerprint density at radius 2 is 1.83 bits per heavy atom. The van der Waals surface area contributed by atoms with Gasteiger partial charge >= 0.3 is 0 Å². The van der Waals surface area contributed by atoms with Gasteiger partial charge in [-0.1, -0.05) is 26.2 Å². The Kier molecular flexibility index (Phi) is 8.71. The van der Waals surface area contributed by atoms with Crippen LogP contribution in [0.1, 0.15) is 45.4 Å². The van der Waals surface area contributed by atoms with Crippen LogP contribution in [0.15, 0.2) is 0 Å². The molecular weight excluding hydrogens is 369 g/mol. The molecule has 29 heavy (non-hydrogen) atoms. The number of halogens is 1. The van der Waals surface area contributed by atoms with Gasteiger partial charge in [0.15, 0.2) is 0 Å². The van der Waals surface area contributed by atoms with E-state index < -0.39 is 6.17 Å². The number of likely N-dealkylation sites (tertiary alicyclic amines) is 2. The second-order valence-corrected chi connectivity index (χ2v) is 9.55. The van der Waals surface area contributed by atoms with Crippen molar-refractivity contribution in [1.82, 2.24) is 19.6 Å². The molecule has 6 nitrogen and oxygen atoms in total. The number of hydrogen-bond acceptors (Lipinski definition) is 5. The summed E-state index contributed by atoms with van der Waals surface area (Å²) in [6.45, 7) is 9.53. The van der Waals surface area contributed by atoms with E-state index >= 15 is 4.39 Å². The molecule has 3 saturated heterocycles. The molecule has 0 aromatic rings. The fourth-order valence-electron chi connectivity index (χ4n) is 5.31. The van der Waals surface area contributed by atoms with Crippen LogP contribution in [0.4, 0.5) is 4.39 Å². The Morgan fingerprint density at radius 1 is 1.07 bits per heavy atom. The van der Waals surface area contributed by atoms with Crippen molar-refractivity contribution in [3.8, 4) is 0 Å². The van der Waals surface area contributed by atoms with Crippen LogP contribution in [0.25, 0.3) is 0 Å². The molecular formula is C22H42FN5O. The van der Waals surface area contributed by atoms with E-state index in [1.54, 1.807) is 0 Å². The number of likely N-dealkylation sites (N-methyl/N-ethyl adjacent to an activating group) is 1. The highest BCUT2D eigenvalue weighted by atomic mass is 19.1. The molecule has 3 aliphatic rings. The van der Waals surface area contributed by atoms with Crippen molar-refractivity contribution >= 4 is 5.91 Å². The van der Waals surface area contributed by atoms with Crippen LogP contribution in [-0.4, -0.2) is 110 Å². The first-order valence-corrected chi connectivity index (χ1v) is 11.8. The molecule has 0 aromatic carbocycles. The molecule has 3 rings (SSSR count). The van der Waals surface area contributed by atoms with Crippen LogP contribution in [0.5, 0.6) is 0 Å². The van der Waals surface area contributed by atoms with E-state index in [0.29, 0.717) is 19.0 Å². The summed E-state index contributed by atoms with van der Waals surface area (Å²) in [7, 11) is 2.00. The summed E-state index contributed by atoms with van der Waals surface area (Å²) >= 11 is 0. The topological polar surface area (TPSA) is 56.1 Å². The van der Waals surface area contributed by atoms with E-state index in [0.717, 1.165) is 65.1 Å². The maximum Gasteiger partial charge on any atom is 0.236 e. The number of unbranched alkanes of at least 4 members (excludes halogenated alkanes) is 3. The quantitative estimate of drug-likeness (QED) is 0.612. The molecule has 0 bridgehead atoms. The molecule has 0 radical (unpaired) electrons. The first-order valence-electron chi connectivity index (χ1n) is 11.8. The van der Waals surface area contributed by atoms with Crippen molar-refractivity contribution in [3.63, 3.8) is 0 Å². The first kappa shape index (κ1) is 22.9. The third-order valence-corrected chi connectivity index (χ3v) is 7.10. The molecule has 3 atom stereocenters. The summed E-state index contributed by atoms with van der Waals surface area (Å²) in [5.74, 6) is 0.782. The fourth-order valence-corrected chi connectivity index (χ4v) is 5.31. The van der Waals surface area contributed by atoms with Gasteiger partial charge in [-0.3, -0.25) is 19.5 Å². The average Bonchev–Trinajstić information content (AvgIpc) is 2.68. The Labute approximate surface area is 176 Å². The van der Waals surface area contributed by atoms with Gasteiger partial charge in [0.2, 0.25) is 5.91 Å². The maximum atomic E-state index is 15.0. The molecule has 3 aliphatic heterocycles. The van der Waals surface area contributed by atoms with E-state index in [1.807, 2.05) is 11.9 Å². The van der Waals surface area contributed by atoms with E-state index in [-0.39, 0.29) is 18.0 Å². The van der Waals surface area contributed by atoms with Gasteiger partial charge in [0.25, 0.3) is 0 Å². The third kappa shape index (κ3) is 6.36. The van der Waals surface area contributed by atoms with Gasteiger partial charge in [0, 0.05) is 38.8 Å². The minimum absolute atomic E-state index is 0.110. The van der Waals surface area contributed by atoms with E-state index in [1.165, 1.54) is 19.3 Å². The number of alkyl halides is 1. The molecule has 3 fully saturated rings. The van der Waals surface area contributed by atoms with Crippen molar-refractivity contribution in [2.45, 2.75) is 63.7 Å². The molecule has 7 heteroatoms. The largest absolute Gasteiger partial charge is 0.340 e. The van der Waals surface area contributed by atoms with Crippen molar-refractivity contribution in [2.24, 2.45) is 11.7 Å². The smallest absolute Gasteiger partial charge is 0.236 e. The average molecular weight is 412 g/mol. The summed E-state index contributed by atoms with van der Waals surface area (Å²) in [4.78, 5) is 20.9. The molecule has 0 aromatic heterocycles. The lowest BCUT2D eigenvalue weighted by molar-refractivity contribution is -0.136. The minimum atomic E-state index is -0.860. The second-order valence-electron chi connectivity index (χ2n) is 9.55. The lowest BCUT2D eigenvalue weighted by atomic mass is 9.90. The zero-order valence-electron chi connectivity index (χ0n) is 18.6. The monoisotopic (exact) mass is 411 g/mol. The van der Waals surface area contributed by atoms with Crippen molar-refractivity contribution < 1.29 is 9.18 Å². The second kappa shape index (κ2) is 11.0. The molecule has 0 saturated carbocycles. The maximum absolute atomic E-state index is 15.0. The third-order valence-electron chi connectivity index (χ3n) is 7.10. The molecule has 168 valence electrons. The van der Waals surface area contributed by atoms with E-state index in [4.69, 9.17) is 5.73 Å². The lowest BCUT2D eigenvalue weighted by Crippen LogP contribution is -2.64. The Bertz CT molecular complexity index is 501. The number of piperidine rings is 2. The zero-order valence-corrected chi connectivity index (χ0v) is 18.6. The fraction of sp³-hybridized carbons (Fsp3) is 0.955.